The molecule has 1 amide bonds. The molecular weight excluding hydrogens is 467 g/mol. The maximum Gasteiger partial charge on any atom is 0.267 e. The minimum atomic E-state index is -0.285. The number of nitrogen functional groups attached to an aromatic ring is 4. The minimum Gasteiger partial charge on any atom is -0.399 e. The first-order chi connectivity index (χ1) is 15.1. The van der Waals surface area contributed by atoms with Crippen LogP contribution in [-0.2, 0) is 0 Å². The predicted octanol–water partition coefficient (Wildman–Crippen LogP) is 5.49. The van der Waals surface area contributed by atoms with Crippen molar-refractivity contribution >= 4 is 79.1 Å². The van der Waals surface area contributed by atoms with Crippen molar-refractivity contribution in [2.75, 3.05) is 28.3 Å². The predicted molar refractivity (Wildman–Crippen MR) is 138 cm³/mol. The molecule has 0 spiro atoms. The van der Waals surface area contributed by atoms with Crippen molar-refractivity contribution in [3.63, 3.8) is 0 Å². The van der Waals surface area contributed by atoms with Crippen LogP contribution in [0.15, 0.2) is 42.5 Å². The van der Waals surface area contributed by atoms with Crippen LogP contribution in [0.3, 0.4) is 0 Å². The van der Waals surface area contributed by atoms with Gasteiger partial charge in [-0.2, -0.15) is 0 Å². The topological polar surface area (TPSA) is 146 Å². The SMILES string of the molecule is Cc1nc2sc(C(=O)Nc3cccc(N)c3)c(N)c2c(C)c1N.Nc1cc(Cl)cc(Cl)c1. The standard InChI is InChI=1S/C16H17N5OS.C6H5Cl2N/c1-7-11-13(19)14(23-16(11)20-8(2)12(7)18)15(22)21-10-5-3-4-9(17)6-10;7-4-1-5(8)3-6(9)2-4/h3-6H,17-19H2,1-2H3,(H,21,22);1-3H,9H2. The van der Waals surface area contributed by atoms with Gasteiger partial charge in [-0.15, -0.1) is 11.3 Å². The number of nitrogens with one attached hydrogen (secondary N) is 1. The highest BCUT2D eigenvalue weighted by atomic mass is 35.5. The number of rotatable bonds is 2. The number of thiophene rings is 1. The molecule has 0 radical (unpaired) electrons. The molecule has 0 aliphatic carbocycles. The molecule has 7 nitrogen and oxygen atoms in total. The molecule has 0 unspecified atom stereocenters. The van der Waals surface area contributed by atoms with Crippen LogP contribution in [0.1, 0.15) is 20.9 Å². The van der Waals surface area contributed by atoms with Gasteiger partial charge in [-0.3, -0.25) is 4.79 Å². The van der Waals surface area contributed by atoms with Crippen LogP contribution in [0.5, 0.6) is 0 Å². The van der Waals surface area contributed by atoms with E-state index in [2.05, 4.69) is 10.3 Å². The lowest BCUT2D eigenvalue weighted by Crippen LogP contribution is -2.12. The number of benzene rings is 2. The van der Waals surface area contributed by atoms with E-state index in [1.165, 1.54) is 11.3 Å². The molecule has 0 aliphatic heterocycles. The molecule has 166 valence electrons. The molecule has 0 saturated carbocycles. The number of amides is 1. The van der Waals surface area contributed by atoms with Gasteiger partial charge >= 0.3 is 0 Å². The van der Waals surface area contributed by atoms with Gasteiger partial charge in [-0.1, -0.05) is 29.3 Å². The summed E-state index contributed by atoms with van der Waals surface area (Å²) < 4.78 is 0. The fourth-order valence-electron chi connectivity index (χ4n) is 3.04. The summed E-state index contributed by atoms with van der Waals surface area (Å²) in [5.41, 5.74) is 27.7. The number of hydrogen-bond donors (Lipinski definition) is 5. The van der Waals surface area contributed by atoms with Gasteiger partial charge in [-0.25, -0.2) is 4.98 Å². The van der Waals surface area contributed by atoms with Gasteiger partial charge in [0.05, 0.1) is 17.1 Å². The largest absolute Gasteiger partial charge is 0.399 e. The fraction of sp³-hybridized carbons (Fsp3) is 0.0909. The average molecular weight is 489 g/mol. The molecule has 2 heterocycles. The first-order valence-corrected chi connectivity index (χ1v) is 11.0. The third-order valence-corrected chi connectivity index (χ3v) is 6.13. The van der Waals surface area contributed by atoms with Crippen LogP contribution in [0, 0.1) is 13.8 Å². The monoisotopic (exact) mass is 488 g/mol. The Bertz CT molecular complexity index is 1270. The summed E-state index contributed by atoms with van der Waals surface area (Å²) in [5, 5.41) is 4.69. The first kappa shape index (κ1) is 23.5. The Morgan fingerprint density at radius 2 is 1.59 bits per heavy atom. The summed E-state index contributed by atoms with van der Waals surface area (Å²) in [5.74, 6) is -0.285. The van der Waals surface area contributed by atoms with E-state index in [-0.39, 0.29) is 5.91 Å². The highest BCUT2D eigenvalue weighted by molar-refractivity contribution is 7.21. The molecule has 0 aliphatic rings. The molecule has 0 fully saturated rings. The average Bonchev–Trinajstić information content (AvgIpc) is 3.02. The number of pyridine rings is 1. The summed E-state index contributed by atoms with van der Waals surface area (Å²) in [6.45, 7) is 3.72. The molecule has 32 heavy (non-hydrogen) atoms. The lowest BCUT2D eigenvalue weighted by molar-refractivity contribution is 0.103. The Balaban J connectivity index is 0.000000269. The number of carbonyl (C=O) groups excluding carboxylic acids is 1. The summed E-state index contributed by atoms with van der Waals surface area (Å²) in [6, 6.07) is 11.9. The van der Waals surface area contributed by atoms with Gasteiger partial charge in [0, 0.05) is 32.5 Å². The van der Waals surface area contributed by atoms with Gasteiger partial charge < -0.3 is 28.3 Å². The Hall–Kier alpha value is -3.20. The van der Waals surface area contributed by atoms with Crippen molar-refractivity contribution in [3.8, 4) is 0 Å². The van der Waals surface area contributed by atoms with E-state index in [1.54, 1.807) is 42.5 Å². The minimum absolute atomic E-state index is 0.285. The number of nitrogens with zero attached hydrogens (tertiary/aromatic N) is 1. The molecular formula is C22H22Cl2N6OS. The van der Waals surface area contributed by atoms with Crippen LogP contribution in [0.2, 0.25) is 10.0 Å². The van der Waals surface area contributed by atoms with Crippen molar-refractivity contribution in [1.29, 1.82) is 0 Å². The second-order valence-electron chi connectivity index (χ2n) is 7.04. The lowest BCUT2D eigenvalue weighted by Gasteiger charge is -2.06. The molecule has 10 heteroatoms. The zero-order valence-corrected chi connectivity index (χ0v) is 19.7. The van der Waals surface area contributed by atoms with E-state index in [0.717, 1.165) is 16.6 Å². The van der Waals surface area contributed by atoms with Crippen molar-refractivity contribution in [1.82, 2.24) is 4.98 Å². The summed E-state index contributed by atoms with van der Waals surface area (Å²) in [6.07, 6.45) is 0. The molecule has 0 atom stereocenters. The van der Waals surface area contributed by atoms with E-state index in [0.29, 0.717) is 48.2 Å². The van der Waals surface area contributed by atoms with Crippen molar-refractivity contribution in [2.24, 2.45) is 0 Å². The maximum atomic E-state index is 12.5. The highest BCUT2D eigenvalue weighted by Gasteiger charge is 2.20. The van der Waals surface area contributed by atoms with Gasteiger partial charge in [-0.05, 0) is 55.8 Å². The quantitative estimate of drug-likeness (QED) is 0.235. The van der Waals surface area contributed by atoms with Crippen LogP contribution in [0.25, 0.3) is 10.2 Å². The Morgan fingerprint density at radius 1 is 0.938 bits per heavy atom. The molecule has 0 saturated heterocycles. The second kappa shape index (κ2) is 9.52. The third kappa shape index (κ3) is 5.16. The number of anilines is 5. The van der Waals surface area contributed by atoms with Crippen molar-refractivity contribution in [3.05, 3.63) is 68.6 Å². The normalized spacial score (nSPS) is 10.5. The Labute approximate surface area is 199 Å². The summed E-state index contributed by atoms with van der Waals surface area (Å²) in [7, 11) is 0. The first-order valence-electron chi connectivity index (χ1n) is 9.40. The maximum absolute atomic E-state index is 12.5. The van der Waals surface area contributed by atoms with E-state index in [1.807, 2.05) is 13.8 Å². The number of fused-ring (bicyclic) bond motifs is 1. The van der Waals surface area contributed by atoms with Gasteiger partial charge in [0.1, 0.15) is 9.71 Å². The third-order valence-electron chi connectivity index (χ3n) is 4.60. The second-order valence-corrected chi connectivity index (χ2v) is 8.92. The fourth-order valence-corrected chi connectivity index (χ4v) is 4.68. The van der Waals surface area contributed by atoms with E-state index in [4.69, 9.17) is 46.1 Å². The number of carbonyl (C=O) groups is 1. The van der Waals surface area contributed by atoms with Crippen LogP contribution in [0.4, 0.5) is 28.4 Å². The summed E-state index contributed by atoms with van der Waals surface area (Å²) in [4.78, 5) is 18.1. The summed E-state index contributed by atoms with van der Waals surface area (Å²) >= 11 is 12.4. The number of aryl methyl sites for hydroxylation is 2. The zero-order valence-electron chi connectivity index (χ0n) is 17.4. The van der Waals surface area contributed by atoms with E-state index < -0.39 is 0 Å². The van der Waals surface area contributed by atoms with E-state index >= 15 is 0 Å². The zero-order chi connectivity index (χ0) is 23.6. The van der Waals surface area contributed by atoms with Gasteiger partial charge in [0.25, 0.3) is 5.91 Å². The van der Waals surface area contributed by atoms with Crippen LogP contribution >= 0.6 is 34.5 Å². The van der Waals surface area contributed by atoms with Gasteiger partial charge in [0.2, 0.25) is 0 Å². The molecule has 0 bridgehead atoms. The molecule has 4 aromatic rings. The number of aromatic nitrogens is 1. The molecule has 4 rings (SSSR count). The molecule has 2 aromatic carbocycles. The van der Waals surface area contributed by atoms with E-state index in [9.17, 15) is 4.79 Å². The Morgan fingerprint density at radius 3 is 2.19 bits per heavy atom. The molecule has 9 N–H and O–H groups in total. The Kier molecular flexibility index (Phi) is 6.98. The van der Waals surface area contributed by atoms with Crippen molar-refractivity contribution in [2.45, 2.75) is 13.8 Å². The van der Waals surface area contributed by atoms with Gasteiger partial charge in [0.15, 0.2) is 0 Å². The number of hydrogen-bond acceptors (Lipinski definition) is 7. The molecule has 2 aromatic heterocycles. The smallest absolute Gasteiger partial charge is 0.267 e. The number of nitrogens with two attached hydrogens (primary N) is 4. The van der Waals surface area contributed by atoms with Crippen LogP contribution in [-0.4, -0.2) is 10.9 Å². The van der Waals surface area contributed by atoms with Crippen LogP contribution < -0.4 is 28.3 Å². The van der Waals surface area contributed by atoms with Crippen molar-refractivity contribution < 1.29 is 4.79 Å². The number of halogens is 2. The lowest BCUT2D eigenvalue weighted by atomic mass is 10.1. The highest BCUT2D eigenvalue weighted by Crippen LogP contribution is 2.37.